The van der Waals surface area contributed by atoms with Crippen molar-refractivity contribution < 1.29 is 4.79 Å². The van der Waals surface area contributed by atoms with E-state index in [0.29, 0.717) is 18.7 Å². The molecule has 0 bridgehead atoms. The second kappa shape index (κ2) is 4.56. The van der Waals surface area contributed by atoms with Gasteiger partial charge in [0.05, 0.1) is 0 Å². The highest BCUT2D eigenvalue weighted by atomic mass is 16.2. The van der Waals surface area contributed by atoms with Crippen LogP contribution >= 0.6 is 0 Å². The lowest BCUT2D eigenvalue weighted by Crippen LogP contribution is -2.34. The van der Waals surface area contributed by atoms with Gasteiger partial charge in [0, 0.05) is 24.6 Å². The molecule has 0 saturated carbocycles. The van der Waals surface area contributed by atoms with Crippen LogP contribution in [0.2, 0.25) is 0 Å². The lowest BCUT2D eigenvalue weighted by molar-refractivity contribution is -0.117. The van der Waals surface area contributed by atoms with Crippen LogP contribution < -0.4 is 4.90 Å². The summed E-state index contributed by atoms with van der Waals surface area (Å²) in [6.45, 7) is 0. The monoisotopic (exact) mass is 243 g/mol. The van der Waals surface area contributed by atoms with Gasteiger partial charge in [-0.2, -0.15) is 5.21 Å². The Bertz CT molecular complexity index is 525. The van der Waals surface area contributed by atoms with E-state index in [-0.39, 0.29) is 11.9 Å². The van der Waals surface area contributed by atoms with E-state index in [1.54, 1.807) is 0 Å². The molecule has 0 unspecified atom stereocenters. The smallest absolute Gasteiger partial charge is 0.227 e. The van der Waals surface area contributed by atoms with Crippen molar-refractivity contribution >= 4 is 11.6 Å². The third-order valence-corrected chi connectivity index (χ3v) is 3.17. The molecular weight excluding hydrogens is 230 g/mol. The number of hydrogen-bond donors (Lipinski definition) is 1. The first-order valence-corrected chi connectivity index (χ1v) is 5.94. The van der Waals surface area contributed by atoms with Gasteiger partial charge in [-0.1, -0.05) is 23.4 Å². The Kier molecular flexibility index (Phi) is 2.76. The molecule has 1 aliphatic heterocycles. The Balaban J connectivity index is 1.84. The molecule has 3 rings (SSSR count). The number of amides is 1. The zero-order valence-corrected chi connectivity index (χ0v) is 9.78. The number of aromatic amines is 1. The van der Waals surface area contributed by atoms with E-state index in [2.05, 4.69) is 20.6 Å². The number of hydrogen-bond acceptors (Lipinski definition) is 4. The molecule has 1 fully saturated rings. The molecule has 0 aliphatic carbocycles. The fraction of sp³-hybridized carbons (Fsp3) is 0.333. The maximum atomic E-state index is 12.0. The number of rotatable bonds is 3. The van der Waals surface area contributed by atoms with Crippen LogP contribution in [0.15, 0.2) is 30.3 Å². The summed E-state index contributed by atoms with van der Waals surface area (Å²) in [4.78, 5) is 13.8. The first kappa shape index (κ1) is 10.9. The van der Waals surface area contributed by atoms with Crippen LogP contribution in [0.3, 0.4) is 0 Å². The molecule has 2 aromatic rings. The van der Waals surface area contributed by atoms with Crippen molar-refractivity contribution in [1.29, 1.82) is 0 Å². The van der Waals surface area contributed by atoms with Gasteiger partial charge in [0.15, 0.2) is 5.82 Å². The molecule has 18 heavy (non-hydrogen) atoms. The quantitative estimate of drug-likeness (QED) is 0.870. The maximum Gasteiger partial charge on any atom is 0.227 e. The van der Waals surface area contributed by atoms with Gasteiger partial charge < -0.3 is 4.90 Å². The second-order valence-electron chi connectivity index (χ2n) is 4.32. The minimum atomic E-state index is 0.123. The molecular formula is C12H13N5O. The molecule has 1 N–H and O–H groups in total. The van der Waals surface area contributed by atoms with Crippen molar-refractivity contribution in [3.8, 4) is 0 Å². The van der Waals surface area contributed by atoms with Crippen LogP contribution in [0.5, 0.6) is 0 Å². The number of nitrogens with one attached hydrogen (secondary N) is 1. The van der Waals surface area contributed by atoms with E-state index < -0.39 is 0 Å². The topological polar surface area (TPSA) is 74.8 Å². The maximum absolute atomic E-state index is 12.0. The summed E-state index contributed by atoms with van der Waals surface area (Å²) in [5.41, 5.74) is 0.938. The molecule has 1 atom stereocenters. The van der Waals surface area contributed by atoms with E-state index in [0.717, 1.165) is 12.1 Å². The van der Waals surface area contributed by atoms with Crippen molar-refractivity contribution in [1.82, 2.24) is 20.6 Å². The number of nitrogens with zero attached hydrogens (tertiary/aromatic N) is 4. The lowest BCUT2D eigenvalue weighted by Gasteiger charge is -2.23. The SMILES string of the molecule is O=C1CC[C@@H](Cc2nn[nH]n2)N1c1ccccc1. The first-order chi connectivity index (χ1) is 8.84. The molecule has 1 aromatic heterocycles. The summed E-state index contributed by atoms with van der Waals surface area (Å²) < 4.78 is 0. The molecule has 2 heterocycles. The van der Waals surface area contributed by atoms with E-state index in [9.17, 15) is 4.79 Å². The summed E-state index contributed by atoms with van der Waals surface area (Å²) in [5.74, 6) is 0.810. The van der Waals surface area contributed by atoms with Gasteiger partial charge in [-0.25, -0.2) is 0 Å². The highest BCUT2D eigenvalue weighted by molar-refractivity contribution is 5.96. The minimum Gasteiger partial charge on any atom is -0.309 e. The average Bonchev–Trinajstić information content (AvgIpc) is 3.02. The number of para-hydroxylation sites is 1. The number of aromatic nitrogens is 4. The van der Waals surface area contributed by atoms with Gasteiger partial charge in [0.1, 0.15) is 0 Å². The fourth-order valence-electron chi connectivity index (χ4n) is 2.36. The van der Waals surface area contributed by atoms with Crippen LogP contribution in [-0.4, -0.2) is 32.6 Å². The van der Waals surface area contributed by atoms with Gasteiger partial charge in [0.2, 0.25) is 5.91 Å². The summed E-state index contributed by atoms with van der Waals surface area (Å²) in [5, 5.41) is 13.9. The van der Waals surface area contributed by atoms with Crippen molar-refractivity contribution in [2.75, 3.05) is 4.90 Å². The highest BCUT2D eigenvalue weighted by Gasteiger charge is 2.32. The number of H-pyrrole nitrogens is 1. The van der Waals surface area contributed by atoms with Gasteiger partial charge in [-0.05, 0) is 18.6 Å². The van der Waals surface area contributed by atoms with E-state index >= 15 is 0 Å². The molecule has 6 heteroatoms. The number of anilines is 1. The van der Waals surface area contributed by atoms with Crippen LogP contribution in [0, 0.1) is 0 Å². The van der Waals surface area contributed by atoms with Gasteiger partial charge in [0.25, 0.3) is 0 Å². The molecule has 6 nitrogen and oxygen atoms in total. The number of tetrazole rings is 1. The Morgan fingerprint density at radius 2 is 2.17 bits per heavy atom. The van der Waals surface area contributed by atoms with Crippen molar-refractivity contribution in [3.63, 3.8) is 0 Å². The van der Waals surface area contributed by atoms with E-state index in [4.69, 9.17) is 0 Å². The third-order valence-electron chi connectivity index (χ3n) is 3.17. The van der Waals surface area contributed by atoms with Gasteiger partial charge >= 0.3 is 0 Å². The number of carbonyl (C=O) groups is 1. The molecule has 92 valence electrons. The highest BCUT2D eigenvalue weighted by Crippen LogP contribution is 2.27. The molecule has 0 spiro atoms. The van der Waals surface area contributed by atoms with Crippen LogP contribution in [0.1, 0.15) is 18.7 Å². The zero-order chi connectivity index (χ0) is 12.4. The summed E-state index contributed by atoms with van der Waals surface area (Å²) in [6, 6.07) is 9.84. The summed E-state index contributed by atoms with van der Waals surface area (Å²) in [6.07, 6.45) is 2.05. The minimum absolute atomic E-state index is 0.123. The third kappa shape index (κ3) is 1.97. The van der Waals surface area contributed by atoms with Crippen LogP contribution in [0.25, 0.3) is 0 Å². The normalized spacial score (nSPS) is 19.4. The Hall–Kier alpha value is -2.24. The number of carbonyl (C=O) groups excluding carboxylic acids is 1. The molecule has 1 amide bonds. The second-order valence-corrected chi connectivity index (χ2v) is 4.32. The Morgan fingerprint density at radius 3 is 2.89 bits per heavy atom. The summed E-state index contributed by atoms with van der Waals surface area (Å²) in [7, 11) is 0. The molecule has 1 aliphatic rings. The predicted molar refractivity (Wildman–Crippen MR) is 64.8 cm³/mol. The van der Waals surface area contributed by atoms with E-state index in [1.165, 1.54) is 0 Å². The first-order valence-electron chi connectivity index (χ1n) is 5.94. The van der Waals surface area contributed by atoms with Crippen LogP contribution in [-0.2, 0) is 11.2 Å². The zero-order valence-electron chi connectivity index (χ0n) is 9.78. The Morgan fingerprint density at radius 1 is 1.33 bits per heavy atom. The number of benzene rings is 1. The lowest BCUT2D eigenvalue weighted by atomic mass is 10.1. The van der Waals surface area contributed by atoms with Crippen LogP contribution in [0.4, 0.5) is 5.69 Å². The van der Waals surface area contributed by atoms with Gasteiger partial charge in [-0.3, -0.25) is 4.79 Å². The molecule has 1 saturated heterocycles. The standard InChI is InChI=1S/C12H13N5O/c18-12-7-6-10(8-11-13-15-16-14-11)17(12)9-4-2-1-3-5-9/h1-5,10H,6-8H2,(H,13,14,15,16)/t10-/m0/s1. The van der Waals surface area contributed by atoms with Crippen molar-refractivity contribution in [2.45, 2.75) is 25.3 Å². The predicted octanol–water partition coefficient (Wildman–Crippen LogP) is 0.938. The average molecular weight is 243 g/mol. The summed E-state index contributed by atoms with van der Waals surface area (Å²) >= 11 is 0. The fourth-order valence-corrected chi connectivity index (χ4v) is 2.36. The van der Waals surface area contributed by atoms with E-state index in [1.807, 2.05) is 35.2 Å². The van der Waals surface area contributed by atoms with Gasteiger partial charge in [-0.15, -0.1) is 10.2 Å². The Labute approximate surface area is 104 Å². The molecule has 1 aromatic carbocycles. The largest absolute Gasteiger partial charge is 0.309 e. The molecule has 0 radical (unpaired) electrons. The van der Waals surface area contributed by atoms with Crippen molar-refractivity contribution in [2.24, 2.45) is 0 Å². The van der Waals surface area contributed by atoms with Crippen molar-refractivity contribution in [3.05, 3.63) is 36.2 Å².